The number of aryl methyl sites for hydroxylation is 1. The first-order valence-corrected chi connectivity index (χ1v) is 16.8. The summed E-state index contributed by atoms with van der Waals surface area (Å²) in [6.45, 7) is 7.72. The summed E-state index contributed by atoms with van der Waals surface area (Å²) in [7, 11) is 3.32. The van der Waals surface area contributed by atoms with Crippen molar-refractivity contribution in [3.63, 3.8) is 0 Å². The quantitative estimate of drug-likeness (QED) is 0.137. The van der Waals surface area contributed by atoms with Crippen molar-refractivity contribution in [3.8, 4) is 17.5 Å². The second-order valence-electron chi connectivity index (χ2n) is 12.3. The Kier molecular flexibility index (Phi) is 10.5. The van der Waals surface area contributed by atoms with Gasteiger partial charge in [-0.25, -0.2) is 14.5 Å². The Bertz CT molecular complexity index is 1740. The third kappa shape index (κ3) is 7.46. The van der Waals surface area contributed by atoms with Gasteiger partial charge in [0.2, 0.25) is 0 Å². The van der Waals surface area contributed by atoms with Crippen LogP contribution >= 0.6 is 0 Å². The molecule has 1 aliphatic heterocycles. The van der Waals surface area contributed by atoms with Crippen LogP contribution in [0.3, 0.4) is 0 Å². The molecule has 5 aromatic rings. The summed E-state index contributed by atoms with van der Waals surface area (Å²) in [6, 6.07) is 18.2. The molecule has 0 spiro atoms. The number of aliphatic hydroxyl groups excluding tert-OH is 1. The number of pyridine rings is 1. The molecule has 252 valence electrons. The molecule has 11 heteroatoms. The Morgan fingerprint density at radius 1 is 0.875 bits per heavy atom. The number of hydrogen-bond acceptors (Lipinski definition) is 10. The van der Waals surface area contributed by atoms with E-state index >= 15 is 0 Å². The van der Waals surface area contributed by atoms with Gasteiger partial charge in [0.1, 0.15) is 23.4 Å². The lowest BCUT2D eigenvalue weighted by atomic mass is 10.1. The maximum absolute atomic E-state index is 11.8. The summed E-state index contributed by atoms with van der Waals surface area (Å²) in [5, 5.41) is 16.5. The average molecular weight is 652 g/mol. The highest BCUT2D eigenvalue weighted by Crippen LogP contribution is 2.31. The zero-order valence-electron chi connectivity index (χ0n) is 28.3. The molecule has 1 N–H and O–H groups in total. The van der Waals surface area contributed by atoms with E-state index in [-0.39, 0.29) is 6.01 Å². The molecule has 4 heterocycles. The molecule has 0 saturated carbocycles. The van der Waals surface area contributed by atoms with Crippen molar-refractivity contribution >= 4 is 17.3 Å². The molecule has 1 atom stereocenters. The molecule has 0 aliphatic carbocycles. The van der Waals surface area contributed by atoms with Crippen molar-refractivity contribution in [1.82, 2.24) is 24.6 Å². The first kappa shape index (κ1) is 33.0. The van der Waals surface area contributed by atoms with E-state index in [0.717, 1.165) is 59.9 Å². The molecule has 6 rings (SSSR count). The summed E-state index contributed by atoms with van der Waals surface area (Å²) in [5.41, 5.74) is 4.87. The number of anilines is 2. The van der Waals surface area contributed by atoms with Crippen LogP contribution in [0, 0.1) is 6.92 Å². The number of rotatable bonds is 14. The van der Waals surface area contributed by atoms with Crippen LogP contribution in [-0.2, 0) is 13.1 Å². The van der Waals surface area contributed by atoms with Gasteiger partial charge in [0.05, 0.1) is 32.7 Å². The molecule has 0 radical (unpaired) electrons. The minimum Gasteiger partial charge on any atom is -0.497 e. The fourth-order valence-electron chi connectivity index (χ4n) is 6.09. The number of unbranched alkanes of at least 4 members (excludes halogenated alkanes) is 1. The van der Waals surface area contributed by atoms with Gasteiger partial charge >= 0.3 is 6.01 Å². The van der Waals surface area contributed by atoms with Crippen LogP contribution in [0.15, 0.2) is 67.0 Å². The van der Waals surface area contributed by atoms with Crippen molar-refractivity contribution in [2.24, 2.45) is 0 Å². The fourth-order valence-corrected chi connectivity index (χ4v) is 6.09. The maximum Gasteiger partial charge on any atom is 0.336 e. The zero-order valence-corrected chi connectivity index (χ0v) is 28.3. The molecule has 11 nitrogen and oxygen atoms in total. The zero-order chi connectivity index (χ0) is 33.5. The van der Waals surface area contributed by atoms with Crippen molar-refractivity contribution < 1.29 is 19.3 Å². The Labute approximate surface area is 282 Å². The Morgan fingerprint density at radius 3 is 2.10 bits per heavy atom. The Morgan fingerprint density at radius 2 is 1.52 bits per heavy atom. The summed E-state index contributed by atoms with van der Waals surface area (Å²) in [4.78, 5) is 19.0. The van der Waals surface area contributed by atoms with Crippen molar-refractivity contribution in [2.45, 2.75) is 65.1 Å². The molecule has 0 amide bonds. The molecular weight excluding hydrogens is 606 g/mol. The molecule has 2 aromatic carbocycles. The molecule has 1 unspecified atom stereocenters. The molecular formula is C37H45N7O4. The van der Waals surface area contributed by atoms with Crippen LogP contribution in [-0.4, -0.2) is 63.6 Å². The third-order valence-corrected chi connectivity index (χ3v) is 8.77. The van der Waals surface area contributed by atoms with E-state index in [9.17, 15) is 5.11 Å². The molecule has 48 heavy (non-hydrogen) atoms. The van der Waals surface area contributed by atoms with Crippen LogP contribution in [0.4, 0.5) is 11.6 Å². The van der Waals surface area contributed by atoms with Gasteiger partial charge in [0.25, 0.3) is 0 Å². The summed E-state index contributed by atoms with van der Waals surface area (Å²) >= 11 is 0. The number of benzene rings is 2. The monoisotopic (exact) mass is 651 g/mol. The van der Waals surface area contributed by atoms with Gasteiger partial charge in [0.15, 0.2) is 11.5 Å². The molecule has 1 aliphatic rings. The minimum atomic E-state index is -1.01. The molecule has 1 saturated heterocycles. The first-order chi connectivity index (χ1) is 23.5. The minimum absolute atomic E-state index is 0.224. The summed E-state index contributed by atoms with van der Waals surface area (Å²) in [6.07, 6.45) is 7.87. The van der Waals surface area contributed by atoms with Crippen molar-refractivity contribution in [3.05, 3.63) is 94.9 Å². The second kappa shape index (κ2) is 15.3. The van der Waals surface area contributed by atoms with Gasteiger partial charge in [0, 0.05) is 37.9 Å². The molecule has 0 bridgehead atoms. The van der Waals surface area contributed by atoms with Crippen LogP contribution in [0.5, 0.6) is 17.5 Å². The first-order valence-electron chi connectivity index (χ1n) is 16.8. The second-order valence-corrected chi connectivity index (χ2v) is 12.3. The summed E-state index contributed by atoms with van der Waals surface area (Å²) < 4.78 is 18.5. The number of piperidine rings is 1. The normalized spacial score (nSPS) is 13.8. The lowest BCUT2D eigenvalue weighted by Crippen LogP contribution is -2.30. The van der Waals surface area contributed by atoms with E-state index in [2.05, 4.69) is 23.6 Å². The molecule has 1 fully saturated rings. The highest BCUT2D eigenvalue weighted by atomic mass is 16.5. The maximum atomic E-state index is 11.8. The average Bonchev–Trinajstić information content (AvgIpc) is 3.56. The number of fused-ring (bicyclic) bond motifs is 1. The lowest BCUT2D eigenvalue weighted by Gasteiger charge is -2.29. The number of imidazole rings is 1. The SMILES string of the molecule is CCCCOc1nc(N(Cc2ccc(OC)cc2)Cc2ccc(OC)cc2)c2ncc(C(O)c3cnc(N4CCCCC4)c(C)c3)n2n1. The Hall–Kier alpha value is -4.90. The standard InChI is InChI=1S/C37H45N7O4/c1-5-6-20-48-37-40-36(43(24-27-10-14-30(46-3)15-11-27)25-28-12-16-31(47-4)17-13-28)35-39-23-32(44(35)41-37)33(45)29-21-26(2)34(38-22-29)42-18-8-7-9-19-42/h10-17,21-23,33,45H,5-9,18-20,24-25H2,1-4H3. The van der Waals surface area contributed by atoms with E-state index in [1.807, 2.05) is 54.6 Å². The van der Waals surface area contributed by atoms with Crippen LogP contribution in [0.1, 0.15) is 73.1 Å². The van der Waals surface area contributed by atoms with Crippen LogP contribution < -0.4 is 24.0 Å². The van der Waals surface area contributed by atoms with E-state index < -0.39 is 6.10 Å². The van der Waals surface area contributed by atoms with Gasteiger partial charge < -0.3 is 29.1 Å². The fraction of sp³-hybridized carbons (Fsp3) is 0.405. The number of ether oxygens (including phenoxy) is 3. The largest absolute Gasteiger partial charge is 0.497 e. The van der Waals surface area contributed by atoms with Crippen molar-refractivity contribution in [2.75, 3.05) is 43.7 Å². The smallest absolute Gasteiger partial charge is 0.336 e. The van der Waals surface area contributed by atoms with Gasteiger partial charge in [-0.05, 0) is 79.6 Å². The van der Waals surface area contributed by atoms with Gasteiger partial charge in [-0.3, -0.25) is 0 Å². The van der Waals surface area contributed by atoms with E-state index in [1.54, 1.807) is 31.1 Å². The van der Waals surface area contributed by atoms with Crippen LogP contribution in [0.25, 0.3) is 5.65 Å². The van der Waals surface area contributed by atoms with E-state index in [0.29, 0.717) is 42.4 Å². The van der Waals surface area contributed by atoms with Crippen LogP contribution in [0.2, 0.25) is 0 Å². The predicted molar refractivity (Wildman–Crippen MR) is 186 cm³/mol. The van der Waals surface area contributed by atoms with E-state index in [1.165, 1.54) is 19.3 Å². The van der Waals surface area contributed by atoms with Gasteiger partial charge in [-0.2, -0.15) is 4.98 Å². The van der Waals surface area contributed by atoms with Gasteiger partial charge in [-0.1, -0.05) is 37.6 Å². The third-order valence-electron chi connectivity index (χ3n) is 8.77. The van der Waals surface area contributed by atoms with Crippen molar-refractivity contribution in [1.29, 1.82) is 0 Å². The number of methoxy groups -OCH3 is 2. The Balaban J connectivity index is 1.40. The highest BCUT2D eigenvalue weighted by molar-refractivity contribution is 5.65. The topological polar surface area (TPSA) is 110 Å². The number of aliphatic hydroxyl groups is 1. The molecule has 3 aromatic heterocycles. The van der Waals surface area contributed by atoms with Gasteiger partial charge in [-0.15, -0.1) is 5.10 Å². The highest BCUT2D eigenvalue weighted by Gasteiger charge is 2.25. The number of hydrogen-bond donors (Lipinski definition) is 1. The predicted octanol–water partition coefficient (Wildman–Crippen LogP) is 6.30. The summed E-state index contributed by atoms with van der Waals surface area (Å²) in [5.74, 6) is 3.15. The number of aromatic nitrogens is 5. The van der Waals surface area contributed by atoms with E-state index in [4.69, 9.17) is 34.3 Å². The lowest BCUT2D eigenvalue weighted by molar-refractivity contribution is 0.211. The number of nitrogens with zero attached hydrogens (tertiary/aromatic N) is 7.